The minimum absolute atomic E-state index is 0.135. The minimum atomic E-state index is -1.64. The van der Waals surface area contributed by atoms with Crippen LogP contribution in [-0.4, -0.2) is 34.5 Å². The fourth-order valence-electron chi connectivity index (χ4n) is 2.98. The minimum Gasteiger partial charge on any atom is -0.462 e. The number of fused-ring (bicyclic) bond motifs is 2. The zero-order chi connectivity index (χ0) is 14.8. The molecular formula is C15H24O4. The van der Waals surface area contributed by atoms with Crippen molar-refractivity contribution in [1.82, 2.24) is 0 Å². The predicted octanol–water partition coefficient (Wildman–Crippen LogP) is 1.80. The Morgan fingerprint density at radius 1 is 1.53 bits per heavy atom. The number of aliphatic hydroxyl groups excluding tert-OH is 1. The molecule has 0 aromatic heterocycles. The van der Waals surface area contributed by atoms with E-state index in [1.54, 1.807) is 6.08 Å². The molecule has 1 aliphatic carbocycles. The molecule has 0 radical (unpaired) electrons. The molecule has 2 rings (SSSR count). The number of esters is 1. The first kappa shape index (κ1) is 13.1. The van der Waals surface area contributed by atoms with E-state index < -0.39 is 18.1 Å². The molecule has 2 fully saturated rings. The van der Waals surface area contributed by atoms with Gasteiger partial charge in [0.05, 0.1) is 19.5 Å². The molecule has 1 saturated heterocycles. The van der Waals surface area contributed by atoms with Crippen molar-refractivity contribution in [2.45, 2.75) is 63.7 Å². The van der Waals surface area contributed by atoms with Crippen LogP contribution < -0.4 is 0 Å². The predicted molar refractivity (Wildman–Crippen MR) is 71.4 cm³/mol. The van der Waals surface area contributed by atoms with Crippen molar-refractivity contribution in [3.05, 3.63) is 12.2 Å². The van der Waals surface area contributed by atoms with Gasteiger partial charge in [-0.05, 0) is 12.8 Å². The summed E-state index contributed by atoms with van der Waals surface area (Å²) < 4.78 is 13.1. The number of rotatable bonds is 6. The van der Waals surface area contributed by atoms with E-state index in [2.05, 4.69) is 6.92 Å². The molecular weight excluding hydrogens is 244 g/mol. The Morgan fingerprint density at radius 2 is 2.32 bits per heavy atom. The van der Waals surface area contributed by atoms with Gasteiger partial charge in [-0.25, -0.2) is 0 Å². The van der Waals surface area contributed by atoms with Gasteiger partial charge in [0.2, 0.25) is 0 Å². The van der Waals surface area contributed by atoms with E-state index >= 15 is 0 Å². The first-order valence-electron chi connectivity index (χ1n) is 7.73. The van der Waals surface area contributed by atoms with Crippen LogP contribution >= 0.6 is 0 Å². The summed E-state index contributed by atoms with van der Waals surface area (Å²) in [5, 5.41) is 19.9. The normalized spacial score (nSPS) is 38.1. The molecule has 1 aliphatic heterocycles. The molecule has 2 bridgehead atoms. The van der Waals surface area contributed by atoms with Crippen LogP contribution in [0, 0.1) is 11.8 Å². The second-order valence-electron chi connectivity index (χ2n) is 5.59. The summed E-state index contributed by atoms with van der Waals surface area (Å²) in [5.74, 6) is -1.01. The van der Waals surface area contributed by atoms with Gasteiger partial charge in [-0.1, -0.05) is 38.3 Å². The molecule has 4 nitrogen and oxygen atoms in total. The second-order valence-corrected chi connectivity index (χ2v) is 5.59. The third-order valence-corrected chi connectivity index (χ3v) is 4.08. The Kier molecular flexibility index (Phi) is 4.51. The van der Waals surface area contributed by atoms with E-state index in [4.69, 9.17) is 6.11 Å². The van der Waals surface area contributed by atoms with Crippen LogP contribution in [0.4, 0.5) is 0 Å². The molecule has 1 heterocycles. The Hall–Kier alpha value is -0.870. The lowest BCUT2D eigenvalue weighted by Crippen LogP contribution is -2.33. The number of unbranched alkanes of at least 4 members (excludes halogenated alkanes) is 2. The van der Waals surface area contributed by atoms with Gasteiger partial charge >= 0.3 is 5.97 Å². The van der Waals surface area contributed by atoms with Crippen molar-refractivity contribution < 1.29 is 21.1 Å². The highest BCUT2D eigenvalue weighted by Crippen LogP contribution is 2.40. The number of carbonyl (C=O) groups is 1. The third kappa shape index (κ3) is 3.57. The fourth-order valence-corrected chi connectivity index (χ4v) is 2.98. The van der Waals surface area contributed by atoms with Crippen LogP contribution in [0.3, 0.4) is 0 Å². The van der Waals surface area contributed by atoms with Crippen LogP contribution in [0.15, 0.2) is 12.2 Å². The van der Waals surface area contributed by atoms with Crippen LogP contribution in [0.2, 0.25) is 0 Å². The van der Waals surface area contributed by atoms with Gasteiger partial charge in [0, 0.05) is 12.3 Å². The van der Waals surface area contributed by atoms with Gasteiger partial charge in [0.25, 0.3) is 0 Å². The number of aliphatic hydroxyl groups is 2. The molecule has 5 atom stereocenters. The molecule has 2 aliphatic rings. The van der Waals surface area contributed by atoms with E-state index in [0.717, 1.165) is 19.3 Å². The molecule has 2 N–H and O–H groups in total. The van der Waals surface area contributed by atoms with Crippen LogP contribution in [0.1, 0.15) is 46.8 Å². The molecule has 0 unspecified atom stereocenters. The Morgan fingerprint density at radius 3 is 3.05 bits per heavy atom. The van der Waals surface area contributed by atoms with Crippen molar-refractivity contribution in [3.63, 3.8) is 0 Å². The van der Waals surface area contributed by atoms with E-state index in [1.165, 1.54) is 6.08 Å². The fraction of sp³-hybridized carbons (Fsp3) is 0.800. The highest BCUT2D eigenvalue weighted by atomic mass is 16.5. The summed E-state index contributed by atoms with van der Waals surface area (Å²) in [7, 11) is 0. The molecule has 4 heteroatoms. The average Bonchev–Trinajstić information content (AvgIpc) is 2.65. The molecule has 0 aromatic carbocycles. The monoisotopic (exact) mass is 269 g/mol. The van der Waals surface area contributed by atoms with Crippen LogP contribution in [0.5, 0.6) is 0 Å². The molecule has 0 spiro atoms. The standard InChI is InChI=1S/C15H24O4/c1-2-3-4-5-10(16)6-7-12-13-8-11(9-14(13)17)19-15(12)18/h6-7,10-14,16-17H,2-5,8-9H2,1H3/t10-,11-,12-,13-,14+/m0/s1/i10D. The van der Waals surface area contributed by atoms with Gasteiger partial charge < -0.3 is 14.9 Å². The number of hydrogen-bond acceptors (Lipinski definition) is 4. The van der Waals surface area contributed by atoms with Crippen molar-refractivity contribution in [2.24, 2.45) is 11.8 Å². The number of ether oxygens (including phenoxy) is 1. The van der Waals surface area contributed by atoms with Crippen molar-refractivity contribution in [3.8, 4) is 0 Å². The third-order valence-electron chi connectivity index (χ3n) is 4.08. The topological polar surface area (TPSA) is 66.8 Å². The van der Waals surface area contributed by atoms with E-state index in [9.17, 15) is 15.0 Å². The summed E-state index contributed by atoms with van der Waals surface area (Å²) in [6.07, 6.45) is 4.92. The largest absolute Gasteiger partial charge is 0.462 e. The van der Waals surface area contributed by atoms with Gasteiger partial charge in [0.15, 0.2) is 0 Å². The lowest BCUT2D eigenvalue weighted by molar-refractivity contribution is -0.157. The highest BCUT2D eigenvalue weighted by molar-refractivity contribution is 5.76. The van der Waals surface area contributed by atoms with Crippen molar-refractivity contribution in [1.29, 1.82) is 0 Å². The average molecular weight is 269 g/mol. The smallest absolute Gasteiger partial charge is 0.313 e. The van der Waals surface area contributed by atoms with Gasteiger partial charge in [-0.3, -0.25) is 4.79 Å². The Bertz CT molecular complexity index is 380. The maximum Gasteiger partial charge on any atom is 0.313 e. The second kappa shape index (κ2) is 6.53. The maximum atomic E-state index is 11.9. The quantitative estimate of drug-likeness (QED) is 0.438. The van der Waals surface area contributed by atoms with Gasteiger partial charge in [-0.15, -0.1) is 0 Å². The van der Waals surface area contributed by atoms with Crippen LogP contribution in [-0.2, 0) is 9.53 Å². The SMILES string of the molecule is [2H][C@@](O)(C=C[C@@H]1C(=O)O[C@H]2C[C@@H]1[C@H](O)C2)CCCCC. The van der Waals surface area contributed by atoms with Gasteiger partial charge in [-0.2, -0.15) is 0 Å². The van der Waals surface area contributed by atoms with E-state index in [1.807, 2.05) is 0 Å². The first-order chi connectivity index (χ1) is 9.43. The van der Waals surface area contributed by atoms with Crippen LogP contribution in [0.25, 0.3) is 0 Å². The molecule has 0 aromatic rings. The summed E-state index contributed by atoms with van der Waals surface area (Å²) in [6.45, 7) is 2.06. The molecule has 1 saturated carbocycles. The Balaban J connectivity index is 1.96. The summed E-state index contributed by atoms with van der Waals surface area (Å²) in [6, 6.07) is 0. The zero-order valence-electron chi connectivity index (χ0n) is 12.4. The molecule has 0 amide bonds. The Labute approximate surface area is 115 Å². The molecule has 19 heavy (non-hydrogen) atoms. The lowest BCUT2D eigenvalue weighted by Gasteiger charge is -2.26. The van der Waals surface area contributed by atoms with E-state index in [-0.39, 0.29) is 18.0 Å². The molecule has 108 valence electrons. The first-order valence-corrected chi connectivity index (χ1v) is 7.23. The van der Waals surface area contributed by atoms with Gasteiger partial charge in [0.1, 0.15) is 6.10 Å². The summed E-state index contributed by atoms with van der Waals surface area (Å²) >= 11 is 0. The summed E-state index contributed by atoms with van der Waals surface area (Å²) in [5.41, 5.74) is 0. The number of hydrogen-bond donors (Lipinski definition) is 2. The number of carbonyl (C=O) groups excluding carboxylic acids is 1. The van der Waals surface area contributed by atoms with E-state index in [0.29, 0.717) is 19.3 Å². The zero-order valence-corrected chi connectivity index (χ0v) is 11.4. The van der Waals surface area contributed by atoms with Crippen molar-refractivity contribution >= 4 is 5.97 Å². The van der Waals surface area contributed by atoms with Crippen molar-refractivity contribution in [2.75, 3.05) is 0 Å². The summed E-state index contributed by atoms with van der Waals surface area (Å²) in [4.78, 5) is 11.9. The highest BCUT2D eigenvalue weighted by Gasteiger charge is 2.46. The maximum absolute atomic E-state index is 11.9. The lowest BCUT2D eigenvalue weighted by atomic mass is 9.87.